The maximum Gasteiger partial charge on any atom is 0.255 e. The molecule has 0 aliphatic rings. The Kier molecular flexibility index (Phi) is 4.37. The van der Waals surface area contributed by atoms with Crippen LogP contribution in [0.1, 0.15) is 36.7 Å². The maximum atomic E-state index is 12.2. The smallest absolute Gasteiger partial charge is 0.255 e. The molecule has 110 valence electrons. The first kappa shape index (κ1) is 15.6. The molecular formula is C17H19BrN2O. The number of amides is 1. The number of nitrogen functional groups attached to an aromatic ring is 1. The van der Waals surface area contributed by atoms with Crippen LogP contribution in [-0.4, -0.2) is 5.91 Å². The summed E-state index contributed by atoms with van der Waals surface area (Å²) >= 11 is 3.32. The summed E-state index contributed by atoms with van der Waals surface area (Å²) in [4.78, 5) is 12.2. The van der Waals surface area contributed by atoms with Crippen LogP contribution in [0.25, 0.3) is 0 Å². The van der Waals surface area contributed by atoms with Gasteiger partial charge in [-0.15, -0.1) is 0 Å². The lowest BCUT2D eigenvalue weighted by atomic mass is 9.87. The lowest BCUT2D eigenvalue weighted by Gasteiger charge is -2.19. The Morgan fingerprint density at radius 1 is 1.10 bits per heavy atom. The number of carbonyl (C=O) groups excluding carboxylic acids is 1. The van der Waals surface area contributed by atoms with Crippen LogP contribution >= 0.6 is 15.9 Å². The van der Waals surface area contributed by atoms with Gasteiger partial charge in [-0.25, -0.2) is 0 Å². The van der Waals surface area contributed by atoms with Crippen LogP contribution in [0, 0.1) is 0 Å². The maximum absolute atomic E-state index is 12.2. The lowest BCUT2D eigenvalue weighted by Crippen LogP contribution is -2.13. The number of hydrogen-bond acceptors (Lipinski definition) is 2. The van der Waals surface area contributed by atoms with E-state index in [1.807, 2.05) is 24.3 Å². The number of hydrogen-bond donors (Lipinski definition) is 2. The van der Waals surface area contributed by atoms with Gasteiger partial charge in [0.2, 0.25) is 0 Å². The predicted octanol–water partition coefficient (Wildman–Crippen LogP) is 4.58. The lowest BCUT2D eigenvalue weighted by molar-refractivity contribution is 0.102. The van der Waals surface area contributed by atoms with Crippen LogP contribution in [0.3, 0.4) is 0 Å². The Labute approximate surface area is 133 Å². The monoisotopic (exact) mass is 346 g/mol. The number of rotatable bonds is 2. The topological polar surface area (TPSA) is 55.1 Å². The van der Waals surface area contributed by atoms with E-state index < -0.39 is 0 Å². The fourth-order valence-electron chi connectivity index (χ4n) is 1.94. The van der Waals surface area contributed by atoms with E-state index in [1.54, 1.807) is 18.2 Å². The molecule has 4 heteroatoms. The van der Waals surface area contributed by atoms with E-state index in [2.05, 4.69) is 42.0 Å². The summed E-state index contributed by atoms with van der Waals surface area (Å²) in [6.45, 7) is 6.47. The van der Waals surface area contributed by atoms with Gasteiger partial charge in [0.15, 0.2) is 0 Å². The SMILES string of the molecule is CC(C)(C)c1ccc(NC(=O)c2ccc(Br)c(N)c2)cc1. The Morgan fingerprint density at radius 3 is 2.24 bits per heavy atom. The van der Waals surface area contributed by atoms with Gasteiger partial charge >= 0.3 is 0 Å². The Bertz CT molecular complexity index is 657. The van der Waals surface area contributed by atoms with Crippen molar-refractivity contribution in [3.63, 3.8) is 0 Å². The van der Waals surface area contributed by atoms with Crippen molar-refractivity contribution in [3.05, 3.63) is 58.1 Å². The molecule has 0 saturated heterocycles. The molecule has 0 spiro atoms. The van der Waals surface area contributed by atoms with Crippen molar-refractivity contribution in [1.82, 2.24) is 0 Å². The zero-order valence-corrected chi connectivity index (χ0v) is 14.0. The van der Waals surface area contributed by atoms with Crippen molar-refractivity contribution in [2.24, 2.45) is 0 Å². The number of halogens is 1. The fourth-order valence-corrected chi connectivity index (χ4v) is 2.19. The van der Waals surface area contributed by atoms with Crippen LogP contribution in [0.5, 0.6) is 0 Å². The minimum atomic E-state index is -0.169. The van der Waals surface area contributed by atoms with Crippen molar-refractivity contribution in [1.29, 1.82) is 0 Å². The van der Waals surface area contributed by atoms with E-state index in [-0.39, 0.29) is 11.3 Å². The second-order valence-corrected chi connectivity index (χ2v) is 6.87. The number of carbonyl (C=O) groups is 1. The van der Waals surface area contributed by atoms with Gasteiger partial charge in [0.25, 0.3) is 5.91 Å². The van der Waals surface area contributed by atoms with E-state index in [1.165, 1.54) is 5.56 Å². The molecule has 0 fully saturated rings. The molecule has 21 heavy (non-hydrogen) atoms. The minimum Gasteiger partial charge on any atom is -0.398 e. The summed E-state index contributed by atoms with van der Waals surface area (Å²) < 4.78 is 0.786. The normalized spacial score (nSPS) is 11.2. The zero-order valence-electron chi connectivity index (χ0n) is 12.4. The van der Waals surface area contributed by atoms with Crippen molar-refractivity contribution in [2.75, 3.05) is 11.1 Å². The molecule has 0 aliphatic carbocycles. The van der Waals surface area contributed by atoms with E-state index >= 15 is 0 Å². The molecule has 2 rings (SSSR count). The quantitative estimate of drug-likeness (QED) is 0.781. The van der Waals surface area contributed by atoms with E-state index in [0.29, 0.717) is 11.3 Å². The highest BCUT2D eigenvalue weighted by molar-refractivity contribution is 9.10. The molecule has 3 N–H and O–H groups in total. The van der Waals surface area contributed by atoms with E-state index in [4.69, 9.17) is 5.73 Å². The summed E-state index contributed by atoms with van der Waals surface area (Å²) in [6.07, 6.45) is 0. The average molecular weight is 347 g/mol. The Morgan fingerprint density at radius 2 is 1.71 bits per heavy atom. The second-order valence-electron chi connectivity index (χ2n) is 6.02. The first-order valence-electron chi connectivity index (χ1n) is 6.74. The summed E-state index contributed by atoms with van der Waals surface area (Å²) in [7, 11) is 0. The number of anilines is 2. The van der Waals surface area contributed by atoms with Gasteiger partial charge < -0.3 is 11.1 Å². The van der Waals surface area contributed by atoms with Gasteiger partial charge in [0.05, 0.1) is 0 Å². The standard InChI is InChI=1S/C17H19BrN2O/c1-17(2,3)12-5-7-13(8-6-12)20-16(21)11-4-9-14(18)15(19)10-11/h4-10H,19H2,1-3H3,(H,20,21). The first-order valence-corrected chi connectivity index (χ1v) is 7.53. The van der Waals surface area contributed by atoms with Crippen LogP contribution in [0.2, 0.25) is 0 Å². The molecule has 1 amide bonds. The van der Waals surface area contributed by atoms with Crippen LogP contribution < -0.4 is 11.1 Å². The van der Waals surface area contributed by atoms with Crippen molar-refractivity contribution >= 4 is 33.2 Å². The van der Waals surface area contributed by atoms with Crippen LogP contribution in [0.4, 0.5) is 11.4 Å². The van der Waals surface area contributed by atoms with Crippen LogP contribution in [-0.2, 0) is 5.41 Å². The molecule has 2 aromatic carbocycles. The van der Waals surface area contributed by atoms with Gasteiger partial charge in [0, 0.05) is 21.4 Å². The molecule has 2 aromatic rings. The molecular weight excluding hydrogens is 328 g/mol. The third kappa shape index (κ3) is 3.85. The molecule has 0 saturated carbocycles. The molecule has 3 nitrogen and oxygen atoms in total. The highest BCUT2D eigenvalue weighted by Crippen LogP contribution is 2.24. The van der Waals surface area contributed by atoms with Gasteiger partial charge in [-0.2, -0.15) is 0 Å². The fraction of sp³-hybridized carbons (Fsp3) is 0.235. The van der Waals surface area contributed by atoms with Crippen molar-refractivity contribution in [3.8, 4) is 0 Å². The summed E-state index contributed by atoms with van der Waals surface area (Å²) in [6, 6.07) is 13.1. The highest BCUT2D eigenvalue weighted by Gasteiger charge is 2.13. The molecule has 0 atom stereocenters. The predicted molar refractivity (Wildman–Crippen MR) is 91.6 cm³/mol. The van der Waals surface area contributed by atoms with Gasteiger partial charge in [-0.1, -0.05) is 32.9 Å². The summed E-state index contributed by atoms with van der Waals surface area (Å²) in [5.74, 6) is -0.169. The number of benzene rings is 2. The zero-order chi connectivity index (χ0) is 15.6. The largest absolute Gasteiger partial charge is 0.398 e. The van der Waals surface area contributed by atoms with Crippen LogP contribution in [0.15, 0.2) is 46.9 Å². The van der Waals surface area contributed by atoms with Gasteiger partial charge in [0.1, 0.15) is 0 Å². The van der Waals surface area contributed by atoms with E-state index in [9.17, 15) is 4.79 Å². The molecule has 0 aliphatic heterocycles. The molecule has 0 unspecified atom stereocenters. The van der Waals surface area contributed by atoms with Gasteiger partial charge in [-0.3, -0.25) is 4.79 Å². The number of nitrogens with one attached hydrogen (secondary N) is 1. The van der Waals surface area contributed by atoms with Crippen molar-refractivity contribution < 1.29 is 4.79 Å². The third-order valence-corrected chi connectivity index (χ3v) is 3.99. The molecule has 0 heterocycles. The van der Waals surface area contributed by atoms with E-state index in [0.717, 1.165) is 10.2 Å². The third-order valence-electron chi connectivity index (χ3n) is 3.27. The molecule has 0 radical (unpaired) electrons. The number of nitrogens with two attached hydrogens (primary N) is 1. The van der Waals surface area contributed by atoms with Crippen molar-refractivity contribution in [2.45, 2.75) is 26.2 Å². The first-order chi connectivity index (χ1) is 9.77. The Balaban J connectivity index is 2.14. The second kappa shape index (κ2) is 5.90. The summed E-state index contributed by atoms with van der Waals surface area (Å²) in [5, 5.41) is 2.87. The average Bonchev–Trinajstić information content (AvgIpc) is 2.41. The highest BCUT2D eigenvalue weighted by atomic mass is 79.9. The Hall–Kier alpha value is -1.81. The molecule has 0 bridgehead atoms. The van der Waals surface area contributed by atoms with Gasteiger partial charge in [-0.05, 0) is 57.2 Å². The molecule has 0 aromatic heterocycles. The minimum absolute atomic E-state index is 0.0999. The summed E-state index contributed by atoms with van der Waals surface area (Å²) in [5.41, 5.74) is 8.98.